The third-order valence-corrected chi connectivity index (χ3v) is 13.2. The van der Waals surface area contributed by atoms with Crippen LogP contribution in [0, 0.1) is 17.2 Å². The number of halogens is 1. The number of fused-ring (bicyclic) bond motifs is 2. The van der Waals surface area contributed by atoms with Crippen LogP contribution in [-0.2, 0) is 22.7 Å². The molecule has 294 valence electrons. The van der Waals surface area contributed by atoms with Gasteiger partial charge in [-0.1, -0.05) is 11.6 Å². The highest BCUT2D eigenvalue weighted by Gasteiger charge is 2.45. The molecule has 0 spiro atoms. The molecule has 9 rings (SSSR count). The Morgan fingerprint density at radius 2 is 1.46 bits per heavy atom. The van der Waals surface area contributed by atoms with Gasteiger partial charge in [0, 0.05) is 74.2 Å². The third kappa shape index (κ3) is 7.39. The molecule has 6 aliphatic rings. The number of carbonyl (C=O) groups is 5. The first-order chi connectivity index (χ1) is 27.6. The number of hydrogen-bond donors (Lipinski definition) is 2. The molecule has 1 unspecified atom stereocenters. The number of amides is 5. The van der Waals surface area contributed by atoms with Crippen LogP contribution in [0.4, 0.5) is 11.4 Å². The number of carbonyl (C=O) groups excluding carboxylic acids is 5. The van der Waals surface area contributed by atoms with Crippen molar-refractivity contribution in [2.45, 2.75) is 101 Å². The lowest BCUT2D eigenvalue weighted by atomic mass is 9.89. The van der Waals surface area contributed by atoms with Crippen molar-refractivity contribution in [1.29, 1.82) is 5.26 Å². The van der Waals surface area contributed by atoms with Gasteiger partial charge in [-0.15, -0.1) is 0 Å². The Labute approximate surface area is 337 Å². The number of rotatable bonds is 9. The molecule has 5 amide bonds. The minimum atomic E-state index is -0.959. The quantitative estimate of drug-likeness (QED) is 0.267. The second-order valence-corrected chi connectivity index (χ2v) is 17.1. The maximum absolute atomic E-state index is 13.3. The van der Waals surface area contributed by atoms with Crippen LogP contribution in [0.2, 0.25) is 5.02 Å². The van der Waals surface area contributed by atoms with Crippen molar-refractivity contribution in [3.05, 3.63) is 93.0 Å². The summed E-state index contributed by atoms with van der Waals surface area (Å²) in [5, 5.41) is 15.3. The molecule has 2 saturated carbocycles. The second kappa shape index (κ2) is 15.3. The maximum Gasteiger partial charge on any atom is 0.262 e. The van der Waals surface area contributed by atoms with Gasteiger partial charge in [0.2, 0.25) is 11.8 Å². The Balaban J connectivity index is 0.732. The fourth-order valence-electron chi connectivity index (χ4n) is 9.73. The SMILES string of the molecule is N#Cc1ccc(N(C2CCC(NC(=O)c3ccc(N4CCC(CN5Cc6cc7c(cc6C5)C(=O)N(C5CCC(=O)NC5=O)C7=O)CC4)cc3)CC2)C2CC2)cc1Cl. The fraction of sp³-hybridized carbons (Fsp3) is 0.455. The number of anilines is 2. The first-order valence-electron chi connectivity index (χ1n) is 20.4. The number of piperidine rings is 2. The van der Waals surface area contributed by atoms with Gasteiger partial charge in [0.1, 0.15) is 12.1 Å². The zero-order valence-corrected chi connectivity index (χ0v) is 32.6. The van der Waals surface area contributed by atoms with E-state index in [4.69, 9.17) is 11.6 Å². The van der Waals surface area contributed by atoms with Crippen LogP contribution < -0.4 is 20.4 Å². The highest BCUT2D eigenvalue weighted by Crippen LogP contribution is 2.39. The molecule has 0 aromatic heterocycles. The Hall–Kier alpha value is -5.25. The molecule has 4 fully saturated rings. The van der Waals surface area contributed by atoms with Gasteiger partial charge in [0.15, 0.2) is 0 Å². The van der Waals surface area contributed by atoms with Crippen molar-refractivity contribution in [2.75, 3.05) is 29.4 Å². The number of imide groups is 2. The molecule has 2 aliphatic carbocycles. The van der Waals surface area contributed by atoms with E-state index in [-0.39, 0.29) is 30.7 Å². The zero-order chi connectivity index (χ0) is 39.4. The summed E-state index contributed by atoms with van der Waals surface area (Å²) in [6, 6.07) is 19.6. The van der Waals surface area contributed by atoms with Crippen molar-refractivity contribution in [3.8, 4) is 6.07 Å². The molecule has 12 nitrogen and oxygen atoms in total. The van der Waals surface area contributed by atoms with Crippen LogP contribution in [0.25, 0.3) is 0 Å². The molecule has 4 heterocycles. The van der Waals surface area contributed by atoms with Crippen molar-refractivity contribution in [1.82, 2.24) is 20.4 Å². The van der Waals surface area contributed by atoms with E-state index >= 15 is 0 Å². The summed E-state index contributed by atoms with van der Waals surface area (Å²) in [5.74, 6) is -1.42. The highest BCUT2D eigenvalue weighted by atomic mass is 35.5. The number of nitrogens with zero attached hydrogens (tertiary/aromatic N) is 5. The molecule has 3 aromatic rings. The predicted molar refractivity (Wildman–Crippen MR) is 214 cm³/mol. The standard InChI is InChI=1S/C44H46ClN7O5/c45-38-21-35(8-3-28(38)22-46)51(34-11-12-34)33-9-4-31(5-10-33)47-41(54)27-1-6-32(7-2-27)50-17-15-26(16-18-50)23-49-24-29-19-36-37(20-30(29)25-49)44(57)52(43(36)56)39-13-14-40(53)48-42(39)55/h1-3,6-8,19-21,26,31,33-34,39H,4-5,9-18,23-25H2,(H,47,54)(H,48,53,55). The molecule has 1 atom stereocenters. The molecule has 4 aliphatic heterocycles. The summed E-state index contributed by atoms with van der Waals surface area (Å²) >= 11 is 6.39. The molecular weight excluding hydrogens is 742 g/mol. The van der Waals surface area contributed by atoms with Gasteiger partial charge in [0.05, 0.1) is 21.7 Å². The minimum absolute atomic E-state index is 0.0288. The van der Waals surface area contributed by atoms with Gasteiger partial charge in [0.25, 0.3) is 17.7 Å². The van der Waals surface area contributed by atoms with Crippen LogP contribution in [0.1, 0.15) is 112 Å². The van der Waals surface area contributed by atoms with Crippen LogP contribution in [0.5, 0.6) is 0 Å². The lowest BCUT2D eigenvalue weighted by molar-refractivity contribution is -0.136. The van der Waals surface area contributed by atoms with Gasteiger partial charge in [-0.05, 0) is 129 Å². The summed E-state index contributed by atoms with van der Waals surface area (Å²) in [6.45, 7) is 4.21. The van der Waals surface area contributed by atoms with E-state index in [1.807, 2.05) is 42.5 Å². The van der Waals surface area contributed by atoms with E-state index in [0.29, 0.717) is 58.4 Å². The summed E-state index contributed by atoms with van der Waals surface area (Å²) in [7, 11) is 0. The molecule has 13 heteroatoms. The van der Waals surface area contributed by atoms with Crippen molar-refractivity contribution < 1.29 is 24.0 Å². The summed E-state index contributed by atoms with van der Waals surface area (Å²) in [5.41, 5.74) is 6.15. The molecule has 2 saturated heterocycles. The topological polar surface area (TPSA) is 146 Å². The molecule has 0 radical (unpaired) electrons. The van der Waals surface area contributed by atoms with Crippen molar-refractivity contribution in [3.63, 3.8) is 0 Å². The van der Waals surface area contributed by atoms with Gasteiger partial charge >= 0.3 is 0 Å². The number of hydrogen-bond acceptors (Lipinski definition) is 9. The smallest absolute Gasteiger partial charge is 0.262 e. The Bertz CT molecular complexity index is 2140. The predicted octanol–water partition coefficient (Wildman–Crippen LogP) is 5.56. The van der Waals surface area contributed by atoms with E-state index in [0.717, 1.165) is 85.6 Å². The van der Waals surface area contributed by atoms with Crippen molar-refractivity contribution >= 4 is 52.5 Å². The molecule has 0 bridgehead atoms. The Morgan fingerprint density at radius 1 is 0.825 bits per heavy atom. The Morgan fingerprint density at radius 3 is 2.04 bits per heavy atom. The monoisotopic (exact) mass is 787 g/mol. The van der Waals surface area contributed by atoms with Gasteiger partial charge in [-0.25, -0.2) is 0 Å². The number of benzene rings is 3. The first kappa shape index (κ1) is 37.3. The zero-order valence-electron chi connectivity index (χ0n) is 31.8. The first-order valence-corrected chi connectivity index (χ1v) is 20.7. The maximum atomic E-state index is 13.3. The molecule has 2 N–H and O–H groups in total. The highest BCUT2D eigenvalue weighted by molar-refractivity contribution is 6.32. The Kier molecular flexibility index (Phi) is 9.99. The summed E-state index contributed by atoms with van der Waals surface area (Å²) in [4.78, 5) is 72.3. The fourth-order valence-corrected chi connectivity index (χ4v) is 9.94. The van der Waals surface area contributed by atoms with E-state index in [1.165, 1.54) is 12.8 Å². The molecular formula is C44H46ClN7O5. The number of nitrogens with one attached hydrogen (secondary N) is 2. The third-order valence-electron chi connectivity index (χ3n) is 12.9. The lowest BCUT2D eigenvalue weighted by Crippen LogP contribution is -2.54. The van der Waals surface area contributed by atoms with E-state index < -0.39 is 23.8 Å². The minimum Gasteiger partial charge on any atom is -0.372 e. The van der Waals surface area contributed by atoms with Crippen LogP contribution >= 0.6 is 11.6 Å². The largest absolute Gasteiger partial charge is 0.372 e. The van der Waals surface area contributed by atoms with E-state index in [9.17, 15) is 29.2 Å². The van der Waals surface area contributed by atoms with Crippen molar-refractivity contribution in [2.24, 2.45) is 5.92 Å². The van der Waals surface area contributed by atoms with Crippen LogP contribution in [-0.4, -0.2) is 83.1 Å². The normalized spacial score (nSPS) is 23.9. The van der Waals surface area contributed by atoms with Gasteiger partial charge in [-0.3, -0.25) is 39.1 Å². The second-order valence-electron chi connectivity index (χ2n) is 16.7. The average molecular weight is 788 g/mol. The van der Waals surface area contributed by atoms with E-state index in [1.54, 1.807) is 0 Å². The number of nitriles is 1. The van der Waals surface area contributed by atoms with Gasteiger partial charge in [-0.2, -0.15) is 5.26 Å². The van der Waals surface area contributed by atoms with Crippen LogP contribution in [0.15, 0.2) is 54.6 Å². The summed E-state index contributed by atoms with van der Waals surface area (Å²) in [6.07, 6.45) is 8.52. The van der Waals surface area contributed by atoms with Gasteiger partial charge < -0.3 is 15.1 Å². The lowest BCUT2D eigenvalue weighted by Gasteiger charge is -2.39. The average Bonchev–Trinajstić information content (AvgIpc) is 3.92. The molecule has 57 heavy (non-hydrogen) atoms. The molecule has 3 aromatic carbocycles. The summed E-state index contributed by atoms with van der Waals surface area (Å²) < 4.78 is 0. The van der Waals surface area contributed by atoms with E-state index in [2.05, 4.69) is 43.5 Å². The van der Waals surface area contributed by atoms with Crippen LogP contribution in [0.3, 0.4) is 0 Å².